The molecule has 1 aromatic carbocycles. The van der Waals surface area contributed by atoms with Crippen molar-refractivity contribution < 1.29 is 12.8 Å². The zero-order chi connectivity index (χ0) is 18.3. The molecule has 1 unspecified atom stereocenters. The van der Waals surface area contributed by atoms with Crippen LogP contribution in [0.2, 0.25) is 0 Å². The van der Waals surface area contributed by atoms with Crippen LogP contribution in [0.15, 0.2) is 59.9 Å². The maximum Gasteiger partial charge on any atom is 0.269 e. The van der Waals surface area contributed by atoms with E-state index in [0.29, 0.717) is 12.1 Å². The summed E-state index contributed by atoms with van der Waals surface area (Å²) in [4.78, 5) is 3.99. The SMILES string of the molecule is CNC1CCc2c1cn(S(=O)(=O)c1cccnc1)c2-c1ccccc1F. The molecule has 0 saturated heterocycles. The first kappa shape index (κ1) is 16.9. The van der Waals surface area contributed by atoms with Gasteiger partial charge in [0, 0.05) is 30.2 Å². The number of benzene rings is 1. The highest BCUT2D eigenvalue weighted by Crippen LogP contribution is 2.41. The summed E-state index contributed by atoms with van der Waals surface area (Å²) in [6.45, 7) is 0. The number of aromatic nitrogens is 2. The molecule has 0 aliphatic heterocycles. The maximum atomic E-state index is 14.5. The van der Waals surface area contributed by atoms with Crippen molar-refractivity contribution in [3.8, 4) is 11.3 Å². The molecule has 2 aromatic heterocycles. The monoisotopic (exact) mass is 371 g/mol. The third-order valence-electron chi connectivity index (χ3n) is 4.84. The standard InChI is InChI=1S/C19H18FN3O2S/c1-21-18-9-8-14-16(18)12-23(19(14)15-6-2-3-7-17(15)20)26(24,25)13-5-4-10-22-11-13/h2-7,10-12,18,21H,8-9H2,1H3. The minimum absolute atomic E-state index is 0.0564. The van der Waals surface area contributed by atoms with Gasteiger partial charge in [0.25, 0.3) is 10.0 Å². The first-order chi connectivity index (χ1) is 12.5. The Morgan fingerprint density at radius 3 is 2.73 bits per heavy atom. The Morgan fingerprint density at radius 2 is 2.04 bits per heavy atom. The average molecular weight is 371 g/mol. The van der Waals surface area contributed by atoms with Gasteiger partial charge in [0.2, 0.25) is 0 Å². The third-order valence-corrected chi connectivity index (χ3v) is 6.48. The molecule has 0 bridgehead atoms. The van der Waals surface area contributed by atoms with Gasteiger partial charge >= 0.3 is 0 Å². The van der Waals surface area contributed by atoms with E-state index in [1.165, 1.54) is 28.5 Å². The van der Waals surface area contributed by atoms with Gasteiger partial charge in [-0.25, -0.2) is 16.8 Å². The largest absolute Gasteiger partial charge is 0.313 e. The molecule has 1 N–H and O–H groups in total. The Balaban J connectivity index is 2.01. The average Bonchev–Trinajstić information content (AvgIpc) is 3.22. The topological polar surface area (TPSA) is 64.0 Å². The summed E-state index contributed by atoms with van der Waals surface area (Å²) in [5.74, 6) is -0.441. The summed E-state index contributed by atoms with van der Waals surface area (Å²) in [6.07, 6.45) is 5.99. The third kappa shape index (κ3) is 2.55. The predicted molar refractivity (Wildman–Crippen MR) is 96.8 cm³/mol. The molecule has 1 atom stereocenters. The fourth-order valence-corrected chi connectivity index (χ4v) is 4.96. The van der Waals surface area contributed by atoms with Crippen molar-refractivity contribution in [1.82, 2.24) is 14.3 Å². The molecular formula is C19H18FN3O2S. The van der Waals surface area contributed by atoms with E-state index in [1.54, 1.807) is 30.5 Å². The number of fused-ring (bicyclic) bond motifs is 1. The number of hydrogen-bond acceptors (Lipinski definition) is 4. The fourth-order valence-electron chi connectivity index (χ4n) is 3.58. The van der Waals surface area contributed by atoms with Crippen LogP contribution < -0.4 is 5.32 Å². The van der Waals surface area contributed by atoms with Gasteiger partial charge in [-0.3, -0.25) is 4.98 Å². The van der Waals surface area contributed by atoms with Crippen LogP contribution in [-0.4, -0.2) is 24.4 Å². The highest BCUT2D eigenvalue weighted by Gasteiger charge is 2.33. The smallest absolute Gasteiger partial charge is 0.269 e. The van der Waals surface area contributed by atoms with Gasteiger partial charge in [-0.2, -0.15) is 0 Å². The van der Waals surface area contributed by atoms with E-state index in [-0.39, 0.29) is 16.5 Å². The van der Waals surface area contributed by atoms with Crippen LogP contribution in [0.25, 0.3) is 11.3 Å². The molecule has 7 heteroatoms. The molecule has 1 aliphatic carbocycles. The number of halogens is 1. The van der Waals surface area contributed by atoms with Gasteiger partial charge in [-0.15, -0.1) is 0 Å². The van der Waals surface area contributed by atoms with Crippen molar-refractivity contribution in [2.24, 2.45) is 0 Å². The lowest BCUT2D eigenvalue weighted by molar-refractivity contribution is 0.578. The zero-order valence-corrected chi connectivity index (χ0v) is 15.0. The van der Waals surface area contributed by atoms with Crippen LogP contribution >= 0.6 is 0 Å². The van der Waals surface area contributed by atoms with Crippen molar-refractivity contribution in [2.75, 3.05) is 7.05 Å². The summed E-state index contributed by atoms with van der Waals surface area (Å²) in [5.41, 5.74) is 2.47. The van der Waals surface area contributed by atoms with E-state index >= 15 is 0 Å². The van der Waals surface area contributed by atoms with Crippen LogP contribution in [-0.2, 0) is 16.4 Å². The fraction of sp³-hybridized carbons (Fsp3) is 0.211. The molecule has 0 fully saturated rings. The van der Waals surface area contributed by atoms with Crippen molar-refractivity contribution in [3.05, 3.63) is 71.9 Å². The van der Waals surface area contributed by atoms with E-state index in [1.807, 2.05) is 7.05 Å². The van der Waals surface area contributed by atoms with Crippen molar-refractivity contribution >= 4 is 10.0 Å². The van der Waals surface area contributed by atoms with Gasteiger partial charge in [0.15, 0.2) is 0 Å². The molecule has 4 rings (SSSR count). The highest BCUT2D eigenvalue weighted by atomic mass is 32.2. The molecule has 0 spiro atoms. The van der Waals surface area contributed by atoms with E-state index in [4.69, 9.17) is 0 Å². The lowest BCUT2D eigenvalue weighted by atomic mass is 10.1. The second-order valence-corrected chi connectivity index (χ2v) is 8.08. The van der Waals surface area contributed by atoms with Crippen LogP contribution in [0.1, 0.15) is 23.6 Å². The predicted octanol–water partition coefficient (Wildman–Crippen LogP) is 3.13. The second kappa shape index (κ2) is 6.34. The molecular weight excluding hydrogens is 353 g/mol. The minimum atomic E-state index is -3.88. The first-order valence-electron chi connectivity index (χ1n) is 8.36. The molecule has 1 aliphatic rings. The van der Waals surface area contributed by atoms with Crippen molar-refractivity contribution in [1.29, 1.82) is 0 Å². The maximum absolute atomic E-state index is 14.5. The summed E-state index contributed by atoms with van der Waals surface area (Å²) in [6, 6.07) is 9.40. The Hall–Kier alpha value is -2.51. The Labute approximate surface area is 151 Å². The zero-order valence-electron chi connectivity index (χ0n) is 14.2. The van der Waals surface area contributed by atoms with Crippen LogP contribution in [0.4, 0.5) is 4.39 Å². The molecule has 26 heavy (non-hydrogen) atoms. The summed E-state index contributed by atoms with van der Waals surface area (Å²) >= 11 is 0. The minimum Gasteiger partial charge on any atom is -0.313 e. The molecule has 3 aromatic rings. The van der Waals surface area contributed by atoms with E-state index in [0.717, 1.165) is 17.5 Å². The molecule has 5 nitrogen and oxygen atoms in total. The number of nitrogens with zero attached hydrogens (tertiary/aromatic N) is 2. The van der Waals surface area contributed by atoms with E-state index in [2.05, 4.69) is 10.3 Å². The number of hydrogen-bond donors (Lipinski definition) is 1. The Morgan fingerprint density at radius 1 is 1.23 bits per heavy atom. The molecule has 0 saturated carbocycles. The molecule has 0 amide bonds. The van der Waals surface area contributed by atoms with Crippen molar-refractivity contribution in [2.45, 2.75) is 23.8 Å². The first-order valence-corrected chi connectivity index (χ1v) is 9.80. The number of pyridine rings is 1. The lowest BCUT2D eigenvalue weighted by Crippen LogP contribution is -2.16. The quantitative estimate of drug-likeness (QED) is 0.765. The number of nitrogens with one attached hydrogen (secondary N) is 1. The molecule has 134 valence electrons. The summed E-state index contributed by atoms with van der Waals surface area (Å²) in [7, 11) is -2.04. The number of rotatable bonds is 4. The lowest BCUT2D eigenvalue weighted by Gasteiger charge is -2.13. The van der Waals surface area contributed by atoms with Gasteiger partial charge in [-0.05, 0) is 55.3 Å². The van der Waals surface area contributed by atoms with Gasteiger partial charge in [0.05, 0.1) is 5.69 Å². The Bertz CT molecular complexity index is 1060. The van der Waals surface area contributed by atoms with Gasteiger partial charge in [-0.1, -0.05) is 12.1 Å². The van der Waals surface area contributed by atoms with Crippen LogP contribution in [0.5, 0.6) is 0 Å². The highest BCUT2D eigenvalue weighted by molar-refractivity contribution is 7.90. The molecule has 2 heterocycles. The Kier molecular flexibility index (Phi) is 4.13. The van der Waals surface area contributed by atoms with E-state index < -0.39 is 15.8 Å². The van der Waals surface area contributed by atoms with Gasteiger partial charge < -0.3 is 5.32 Å². The second-order valence-electron chi connectivity index (χ2n) is 6.26. The van der Waals surface area contributed by atoms with Crippen LogP contribution in [0.3, 0.4) is 0 Å². The van der Waals surface area contributed by atoms with Crippen molar-refractivity contribution in [3.63, 3.8) is 0 Å². The summed E-state index contributed by atoms with van der Waals surface area (Å²) < 4.78 is 42.2. The normalized spacial score (nSPS) is 16.6. The summed E-state index contributed by atoms with van der Waals surface area (Å²) in [5, 5.41) is 3.20. The molecule has 0 radical (unpaired) electrons. The van der Waals surface area contributed by atoms with Crippen LogP contribution in [0, 0.1) is 5.82 Å². The van der Waals surface area contributed by atoms with Gasteiger partial charge in [0.1, 0.15) is 10.7 Å². The van der Waals surface area contributed by atoms with E-state index in [9.17, 15) is 12.8 Å².